The Balaban J connectivity index is 1.95. The molecule has 1 unspecified atom stereocenters. The van der Waals surface area contributed by atoms with Gasteiger partial charge >= 0.3 is 0 Å². The van der Waals surface area contributed by atoms with Gasteiger partial charge in [-0.1, -0.05) is 38.1 Å². The number of rotatable bonds is 5. The maximum Gasteiger partial charge on any atom is 0.176 e. The van der Waals surface area contributed by atoms with Crippen LogP contribution in [0.1, 0.15) is 42.1 Å². The first-order chi connectivity index (χ1) is 9.20. The van der Waals surface area contributed by atoms with Crippen LogP contribution in [0.4, 0.5) is 0 Å². The quantitative estimate of drug-likeness (QED) is 0.824. The minimum absolute atomic E-state index is 0.234. The number of hydrogen-bond acceptors (Lipinski definition) is 3. The minimum Gasteiger partial charge on any atom is -0.314 e. The van der Waals surface area contributed by atoms with Crippen molar-refractivity contribution in [3.63, 3.8) is 0 Å². The molecule has 0 spiro atoms. The van der Waals surface area contributed by atoms with E-state index in [2.05, 4.69) is 36.2 Å². The second kappa shape index (κ2) is 6.83. The average molecular weight is 260 g/mol. The predicted octanol–water partition coefficient (Wildman–Crippen LogP) is 2.29. The molecule has 1 N–H and O–H groups in total. The lowest BCUT2D eigenvalue weighted by Crippen LogP contribution is -2.45. The van der Waals surface area contributed by atoms with Crippen molar-refractivity contribution in [2.45, 2.75) is 26.2 Å². The van der Waals surface area contributed by atoms with Gasteiger partial charge in [-0.2, -0.15) is 0 Å². The van der Waals surface area contributed by atoms with E-state index in [9.17, 15) is 4.79 Å². The van der Waals surface area contributed by atoms with Gasteiger partial charge in [0.2, 0.25) is 0 Å². The highest BCUT2D eigenvalue weighted by atomic mass is 16.1. The van der Waals surface area contributed by atoms with Crippen molar-refractivity contribution in [2.75, 3.05) is 32.7 Å². The lowest BCUT2D eigenvalue weighted by Gasteiger charge is -2.26. The SMILES string of the molecule is CCC(C)c1ccc(C(=O)CN2CCNCC2)cc1. The highest BCUT2D eigenvalue weighted by Gasteiger charge is 2.15. The normalized spacial score (nSPS) is 18.2. The molecule has 0 bridgehead atoms. The molecule has 3 nitrogen and oxygen atoms in total. The van der Waals surface area contributed by atoms with Gasteiger partial charge in [-0.15, -0.1) is 0 Å². The first-order valence-corrected chi connectivity index (χ1v) is 7.27. The van der Waals surface area contributed by atoms with E-state index >= 15 is 0 Å². The number of Topliss-reactive ketones (excluding diaryl/α,β-unsaturated/α-hetero) is 1. The third-order valence-electron chi connectivity index (χ3n) is 3.99. The van der Waals surface area contributed by atoms with Gasteiger partial charge in [0.1, 0.15) is 0 Å². The van der Waals surface area contributed by atoms with Crippen LogP contribution in [-0.2, 0) is 0 Å². The third-order valence-corrected chi connectivity index (χ3v) is 3.99. The van der Waals surface area contributed by atoms with Gasteiger partial charge in [-0.3, -0.25) is 9.69 Å². The van der Waals surface area contributed by atoms with Gasteiger partial charge < -0.3 is 5.32 Å². The molecule has 19 heavy (non-hydrogen) atoms. The standard InChI is InChI=1S/C16H24N2O/c1-3-13(2)14-4-6-15(7-5-14)16(19)12-18-10-8-17-9-11-18/h4-7,13,17H,3,8-12H2,1-2H3. The summed E-state index contributed by atoms with van der Waals surface area (Å²) in [5.41, 5.74) is 2.16. The summed E-state index contributed by atoms with van der Waals surface area (Å²) in [5, 5.41) is 3.30. The van der Waals surface area contributed by atoms with E-state index in [4.69, 9.17) is 0 Å². The summed E-state index contributed by atoms with van der Waals surface area (Å²) in [6.07, 6.45) is 1.13. The first kappa shape index (κ1) is 14.2. The third kappa shape index (κ3) is 3.88. The van der Waals surface area contributed by atoms with Crippen LogP contribution in [0, 0.1) is 0 Å². The topological polar surface area (TPSA) is 32.3 Å². The van der Waals surface area contributed by atoms with Gasteiger partial charge in [0.15, 0.2) is 5.78 Å². The maximum absolute atomic E-state index is 12.2. The van der Waals surface area contributed by atoms with Crippen molar-refractivity contribution >= 4 is 5.78 Å². The molecule has 104 valence electrons. The lowest BCUT2D eigenvalue weighted by molar-refractivity contribution is 0.0921. The molecule has 1 aliphatic heterocycles. The van der Waals surface area contributed by atoms with E-state index in [1.807, 2.05) is 12.1 Å². The predicted molar refractivity (Wildman–Crippen MR) is 78.8 cm³/mol. The zero-order chi connectivity index (χ0) is 13.7. The Morgan fingerprint density at radius 3 is 2.47 bits per heavy atom. The van der Waals surface area contributed by atoms with Crippen LogP contribution in [0.2, 0.25) is 0 Å². The molecule has 1 aromatic carbocycles. The zero-order valence-corrected chi connectivity index (χ0v) is 12.0. The number of nitrogens with one attached hydrogen (secondary N) is 1. The summed E-state index contributed by atoms with van der Waals surface area (Å²) in [6.45, 7) is 8.86. The Morgan fingerprint density at radius 2 is 1.89 bits per heavy atom. The molecular weight excluding hydrogens is 236 g/mol. The molecule has 0 aliphatic carbocycles. The van der Waals surface area contributed by atoms with Crippen LogP contribution in [0.15, 0.2) is 24.3 Å². The molecular formula is C16H24N2O. The van der Waals surface area contributed by atoms with Gasteiger partial charge in [-0.25, -0.2) is 0 Å². The number of carbonyl (C=O) groups is 1. The van der Waals surface area contributed by atoms with E-state index in [1.54, 1.807) is 0 Å². The summed E-state index contributed by atoms with van der Waals surface area (Å²) >= 11 is 0. The largest absolute Gasteiger partial charge is 0.314 e. The molecule has 3 heteroatoms. The Hall–Kier alpha value is -1.19. The van der Waals surface area contributed by atoms with Crippen LogP contribution in [-0.4, -0.2) is 43.4 Å². The average Bonchev–Trinajstić information content (AvgIpc) is 2.47. The molecule has 2 rings (SSSR count). The molecule has 0 amide bonds. The monoisotopic (exact) mass is 260 g/mol. The van der Waals surface area contributed by atoms with Gasteiger partial charge in [0.05, 0.1) is 6.54 Å². The lowest BCUT2D eigenvalue weighted by atomic mass is 9.97. The first-order valence-electron chi connectivity index (χ1n) is 7.27. The number of nitrogens with zero attached hydrogens (tertiary/aromatic N) is 1. The van der Waals surface area contributed by atoms with Gasteiger partial charge in [0, 0.05) is 31.7 Å². The zero-order valence-electron chi connectivity index (χ0n) is 12.0. The fraction of sp³-hybridized carbons (Fsp3) is 0.562. The fourth-order valence-electron chi connectivity index (χ4n) is 2.40. The van der Waals surface area contributed by atoms with Crippen molar-refractivity contribution in [2.24, 2.45) is 0 Å². The molecule has 1 saturated heterocycles. The van der Waals surface area contributed by atoms with Crippen molar-refractivity contribution in [1.82, 2.24) is 10.2 Å². The van der Waals surface area contributed by atoms with E-state index in [0.29, 0.717) is 12.5 Å². The van der Waals surface area contributed by atoms with Crippen molar-refractivity contribution in [3.05, 3.63) is 35.4 Å². The second-order valence-corrected chi connectivity index (χ2v) is 5.38. The number of benzene rings is 1. The van der Waals surface area contributed by atoms with Crippen LogP contribution in [0.25, 0.3) is 0 Å². The summed E-state index contributed by atoms with van der Waals surface area (Å²) in [4.78, 5) is 14.4. The van der Waals surface area contributed by atoms with E-state index in [1.165, 1.54) is 5.56 Å². The van der Waals surface area contributed by atoms with Crippen LogP contribution >= 0.6 is 0 Å². The fourth-order valence-corrected chi connectivity index (χ4v) is 2.40. The summed E-state index contributed by atoms with van der Waals surface area (Å²) in [5.74, 6) is 0.801. The Labute approximate surface area is 116 Å². The van der Waals surface area contributed by atoms with Crippen LogP contribution in [0.3, 0.4) is 0 Å². The highest BCUT2D eigenvalue weighted by Crippen LogP contribution is 2.19. The summed E-state index contributed by atoms with van der Waals surface area (Å²) < 4.78 is 0. The minimum atomic E-state index is 0.234. The Bertz CT molecular complexity index is 407. The second-order valence-electron chi connectivity index (χ2n) is 5.38. The Morgan fingerprint density at radius 1 is 1.26 bits per heavy atom. The molecule has 1 aromatic rings. The molecule has 0 aromatic heterocycles. The summed E-state index contributed by atoms with van der Waals surface area (Å²) in [7, 11) is 0. The van der Waals surface area contributed by atoms with Crippen molar-refractivity contribution in [1.29, 1.82) is 0 Å². The van der Waals surface area contributed by atoms with E-state index in [-0.39, 0.29) is 5.78 Å². The summed E-state index contributed by atoms with van der Waals surface area (Å²) in [6, 6.07) is 8.15. The number of hydrogen-bond donors (Lipinski definition) is 1. The molecule has 0 saturated carbocycles. The van der Waals surface area contributed by atoms with E-state index < -0.39 is 0 Å². The molecule has 0 radical (unpaired) electrons. The van der Waals surface area contributed by atoms with Crippen molar-refractivity contribution < 1.29 is 4.79 Å². The molecule has 1 heterocycles. The van der Waals surface area contributed by atoms with Gasteiger partial charge in [-0.05, 0) is 17.9 Å². The number of piperazine rings is 1. The van der Waals surface area contributed by atoms with Crippen LogP contribution < -0.4 is 5.32 Å². The van der Waals surface area contributed by atoms with Crippen molar-refractivity contribution in [3.8, 4) is 0 Å². The molecule has 1 atom stereocenters. The van der Waals surface area contributed by atoms with E-state index in [0.717, 1.165) is 38.2 Å². The van der Waals surface area contributed by atoms with Gasteiger partial charge in [0.25, 0.3) is 0 Å². The maximum atomic E-state index is 12.2. The highest BCUT2D eigenvalue weighted by molar-refractivity contribution is 5.97. The molecule has 1 aliphatic rings. The Kier molecular flexibility index (Phi) is 5.11. The number of carbonyl (C=O) groups excluding carboxylic acids is 1. The smallest absolute Gasteiger partial charge is 0.176 e. The van der Waals surface area contributed by atoms with Crippen LogP contribution in [0.5, 0.6) is 0 Å². The molecule has 1 fully saturated rings. The number of ketones is 1.